The number of benzene rings is 1. The van der Waals surface area contributed by atoms with Crippen LogP contribution < -0.4 is 10.7 Å². The molecule has 1 aliphatic carbocycles. The molecule has 0 radical (unpaired) electrons. The van der Waals surface area contributed by atoms with Gasteiger partial charge in [-0.1, -0.05) is 6.42 Å². The van der Waals surface area contributed by atoms with Gasteiger partial charge in [0, 0.05) is 0 Å². The maximum absolute atomic E-state index is 12.6. The van der Waals surface area contributed by atoms with E-state index in [4.69, 9.17) is 5.73 Å². The molecule has 7 heteroatoms. The van der Waals surface area contributed by atoms with Gasteiger partial charge in [0.1, 0.15) is 0 Å². The van der Waals surface area contributed by atoms with Gasteiger partial charge in [0.2, 0.25) is 0 Å². The Labute approximate surface area is 119 Å². The zero-order valence-electron chi connectivity index (χ0n) is 11.2. The minimum atomic E-state index is -4.46. The molecule has 1 fully saturated rings. The van der Waals surface area contributed by atoms with E-state index in [-0.39, 0.29) is 23.2 Å². The summed E-state index contributed by atoms with van der Waals surface area (Å²) in [6.07, 6.45) is -1.01. The molecular formula is C14H14F3N3O. The van der Waals surface area contributed by atoms with Crippen LogP contribution in [0.5, 0.6) is 0 Å². The molecule has 0 aromatic heterocycles. The van der Waals surface area contributed by atoms with Crippen LogP contribution in [0.3, 0.4) is 0 Å². The van der Waals surface area contributed by atoms with Crippen molar-refractivity contribution in [1.29, 1.82) is 0 Å². The molecule has 0 spiro atoms. The molecule has 2 aliphatic rings. The molecule has 1 amide bonds. The molecule has 1 saturated carbocycles. The number of nitrogens with two attached hydrogens (primary N) is 1. The molecule has 112 valence electrons. The van der Waals surface area contributed by atoms with Crippen molar-refractivity contribution in [1.82, 2.24) is 0 Å². The van der Waals surface area contributed by atoms with Gasteiger partial charge in [-0.15, -0.1) is 0 Å². The molecule has 1 aliphatic heterocycles. The van der Waals surface area contributed by atoms with Gasteiger partial charge in [-0.3, -0.25) is 4.79 Å². The number of fused-ring (bicyclic) bond motifs is 1. The van der Waals surface area contributed by atoms with E-state index in [1.54, 1.807) is 0 Å². The Morgan fingerprint density at radius 1 is 1.29 bits per heavy atom. The normalized spacial score (nSPS) is 22.2. The highest BCUT2D eigenvalue weighted by Gasteiger charge is 2.39. The third-order valence-electron chi connectivity index (χ3n) is 3.90. The first-order chi connectivity index (χ1) is 9.88. The standard InChI is InChI=1S/C14H14F3N3O/c15-14(16,17)8-5-6-12(10(18)7-8)20-13(21)9-3-1-2-4-11(9)19-20/h5-7,9H,1-4,18H2. The first-order valence-electron chi connectivity index (χ1n) is 6.76. The number of anilines is 2. The van der Waals surface area contributed by atoms with E-state index in [1.807, 2.05) is 0 Å². The SMILES string of the molecule is Nc1cc(C(F)(F)F)ccc1N1N=C2CCCCC2C1=O. The zero-order valence-corrected chi connectivity index (χ0v) is 11.2. The Hall–Kier alpha value is -2.05. The summed E-state index contributed by atoms with van der Waals surface area (Å²) < 4.78 is 37.9. The average Bonchev–Trinajstić information content (AvgIpc) is 2.75. The molecule has 4 nitrogen and oxygen atoms in total. The average molecular weight is 297 g/mol. The Morgan fingerprint density at radius 2 is 2.05 bits per heavy atom. The van der Waals surface area contributed by atoms with Gasteiger partial charge in [0.15, 0.2) is 0 Å². The highest BCUT2D eigenvalue weighted by atomic mass is 19.4. The molecule has 21 heavy (non-hydrogen) atoms. The molecule has 0 saturated heterocycles. The van der Waals surface area contributed by atoms with Crippen molar-refractivity contribution in [2.75, 3.05) is 10.7 Å². The molecule has 1 atom stereocenters. The monoisotopic (exact) mass is 297 g/mol. The Morgan fingerprint density at radius 3 is 2.67 bits per heavy atom. The Kier molecular flexibility index (Phi) is 3.15. The summed E-state index contributed by atoms with van der Waals surface area (Å²) in [4.78, 5) is 12.3. The number of halogens is 3. The lowest BCUT2D eigenvalue weighted by molar-refractivity contribution is -0.137. The van der Waals surface area contributed by atoms with E-state index in [0.717, 1.165) is 48.5 Å². The predicted octanol–water partition coefficient (Wildman–Crippen LogP) is 3.18. The number of carbonyl (C=O) groups is 1. The second-order valence-corrected chi connectivity index (χ2v) is 5.31. The zero-order chi connectivity index (χ0) is 15.2. The van der Waals surface area contributed by atoms with Crippen LogP contribution in [0.1, 0.15) is 31.2 Å². The molecule has 2 N–H and O–H groups in total. The van der Waals surface area contributed by atoms with Crippen LogP contribution in [0.2, 0.25) is 0 Å². The van der Waals surface area contributed by atoms with Crippen LogP contribution in [0, 0.1) is 5.92 Å². The fourth-order valence-corrected chi connectivity index (χ4v) is 2.80. The van der Waals surface area contributed by atoms with Crippen LogP contribution >= 0.6 is 0 Å². The molecule has 1 unspecified atom stereocenters. The maximum Gasteiger partial charge on any atom is 0.416 e. The van der Waals surface area contributed by atoms with Crippen molar-refractivity contribution in [2.24, 2.45) is 11.0 Å². The number of hydrazone groups is 1. The summed E-state index contributed by atoms with van der Waals surface area (Å²) in [5.41, 5.74) is 5.79. The number of alkyl halides is 3. The lowest BCUT2D eigenvalue weighted by Gasteiger charge is -2.18. The van der Waals surface area contributed by atoms with Gasteiger partial charge in [-0.2, -0.15) is 23.3 Å². The third kappa shape index (κ3) is 2.36. The first-order valence-corrected chi connectivity index (χ1v) is 6.76. The molecule has 3 rings (SSSR count). The Balaban J connectivity index is 1.94. The first kappa shape index (κ1) is 13.9. The van der Waals surface area contributed by atoms with E-state index in [1.165, 1.54) is 6.07 Å². The van der Waals surface area contributed by atoms with Crippen molar-refractivity contribution >= 4 is 23.0 Å². The van der Waals surface area contributed by atoms with Gasteiger partial charge in [-0.25, -0.2) is 0 Å². The van der Waals surface area contributed by atoms with E-state index < -0.39 is 11.7 Å². The van der Waals surface area contributed by atoms with E-state index in [0.29, 0.717) is 0 Å². The predicted molar refractivity (Wildman–Crippen MR) is 72.7 cm³/mol. The summed E-state index contributed by atoms with van der Waals surface area (Å²) >= 11 is 0. The van der Waals surface area contributed by atoms with Gasteiger partial charge in [0.05, 0.1) is 28.6 Å². The van der Waals surface area contributed by atoms with Gasteiger partial charge < -0.3 is 5.73 Å². The fraction of sp³-hybridized carbons (Fsp3) is 0.429. The topological polar surface area (TPSA) is 58.7 Å². The maximum atomic E-state index is 12.6. The van der Waals surface area contributed by atoms with Crippen LogP contribution in [-0.2, 0) is 11.0 Å². The minimum Gasteiger partial charge on any atom is -0.397 e. The lowest BCUT2D eigenvalue weighted by atomic mass is 9.87. The number of hydrogen-bond donors (Lipinski definition) is 1. The van der Waals surface area contributed by atoms with E-state index in [2.05, 4.69) is 5.10 Å². The summed E-state index contributed by atoms with van der Waals surface area (Å²) in [6.45, 7) is 0. The van der Waals surface area contributed by atoms with Gasteiger partial charge in [0.25, 0.3) is 5.91 Å². The van der Waals surface area contributed by atoms with Crippen LogP contribution in [0.15, 0.2) is 23.3 Å². The van der Waals surface area contributed by atoms with E-state index in [9.17, 15) is 18.0 Å². The second kappa shape index (κ2) is 4.75. The number of nitrogens with zero attached hydrogens (tertiary/aromatic N) is 2. The summed E-state index contributed by atoms with van der Waals surface area (Å²) in [5.74, 6) is -0.434. The van der Waals surface area contributed by atoms with Crippen molar-refractivity contribution in [3.8, 4) is 0 Å². The van der Waals surface area contributed by atoms with Crippen LogP contribution in [0.4, 0.5) is 24.5 Å². The Bertz CT molecular complexity index is 624. The van der Waals surface area contributed by atoms with Gasteiger partial charge in [-0.05, 0) is 37.5 Å². The van der Waals surface area contributed by atoms with Gasteiger partial charge >= 0.3 is 6.18 Å². The summed E-state index contributed by atoms with van der Waals surface area (Å²) in [5, 5.41) is 5.41. The number of hydrogen-bond acceptors (Lipinski definition) is 3. The van der Waals surface area contributed by atoms with Crippen molar-refractivity contribution in [3.05, 3.63) is 23.8 Å². The second-order valence-electron chi connectivity index (χ2n) is 5.31. The number of carbonyl (C=O) groups excluding carboxylic acids is 1. The third-order valence-corrected chi connectivity index (χ3v) is 3.90. The summed E-state index contributed by atoms with van der Waals surface area (Å²) in [7, 11) is 0. The highest BCUT2D eigenvalue weighted by molar-refractivity contribution is 6.16. The van der Waals surface area contributed by atoms with Crippen molar-refractivity contribution < 1.29 is 18.0 Å². The van der Waals surface area contributed by atoms with Crippen molar-refractivity contribution in [3.63, 3.8) is 0 Å². The minimum absolute atomic E-state index is 0.0961. The van der Waals surface area contributed by atoms with Crippen molar-refractivity contribution in [2.45, 2.75) is 31.9 Å². The number of amides is 1. The molecule has 0 bridgehead atoms. The number of rotatable bonds is 1. The van der Waals surface area contributed by atoms with Crippen LogP contribution in [-0.4, -0.2) is 11.6 Å². The van der Waals surface area contributed by atoms with E-state index >= 15 is 0 Å². The molecule has 1 heterocycles. The number of nitrogen functional groups attached to an aromatic ring is 1. The summed E-state index contributed by atoms with van der Waals surface area (Å²) in [6, 6.07) is 2.96. The quantitative estimate of drug-likeness (QED) is 0.809. The van der Waals surface area contributed by atoms with Crippen LogP contribution in [0.25, 0.3) is 0 Å². The molecule has 1 aromatic rings. The lowest BCUT2D eigenvalue weighted by Crippen LogP contribution is -2.29. The highest BCUT2D eigenvalue weighted by Crippen LogP contribution is 2.37. The fourth-order valence-electron chi connectivity index (χ4n) is 2.80. The smallest absolute Gasteiger partial charge is 0.397 e. The largest absolute Gasteiger partial charge is 0.416 e. The molecule has 1 aromatic carbocycles. The molecular weight excluding hydrogens is 283 g/mol.